The van der Waals surface area contributed by atoms with Gasteiger partial charge >= 0.3 is 0 Å². The van der Waals surface area contributed by atoms with Crippen LogP contribution < -0.4 is 5.32 Å². The van der Waals surface area contributed by atoms with Crippen LogP contribution in [0.15, 0.2) is 0 Å². The normalized spacial score (nSPS) is 45.3. The van der Waals surface area contributed by atoms with Gasteiger partial charge < -0.3 is 29.7 Å². The Morgan fingerprint density at radius 1 is 1.47 bits per heavy atom. The SMILES string of the molecule is CO[C@H]1O[C@@H]2CNC(=S)O[C@@H]2[C@H](O)[C@H]1O. The first-order valence-corrected chi connectivity index (χ1v) is 5.03. The Hall–Kier alpha value is -0.470. The zero-order valence-corrected chi connectivity index (χ0v) is 8.94. The first-order valence-electron chi connectivity index (χ1n) is 4.62. The molecule has 86 valence electrons. The molecule has 0 saturated carbocycles. The molecule has 3 N–H and O–H groups in total. The summed E-state index contributed by atoms with van der Waals surface area (Å²) in [6.07, 6.45) is -4.04. The van der Waals surface area contributed by atoms with Gasteiger partial charge in [0.2, 0.25) is 0 Å². The highest BCUT2D eigenvalue weighted by Gasteiger charge is 2.48. The molecule has 5 atom stereocenters. The second-order valence-corrected chi connectivity index (χ2v) is 3.88. The maximum Gasteiger partial charge on any atom is 0.257 e. The summed E-state index contributed by atoms with van der Waals surface area (Å²) < 4.78 is 15.5. The van der Waals surface area contributed by atoms with Crippen LogP contribution in [-0.4, -0.2) is 59.7 Å². The minimum atomic E-state index is -1.13. The van der Waals surface area contributed by atoms with E-state index in [2.05, 4.69) is 5.32 Å². The second-order valence-electron chi connectivity index (χ2n) is 3.51. The molecule has 2 aliphatic heterocycles. The maximum absolute atomic E-state index is 9.77. The summed E-state index contributed by atoms with van der Waals surface area (Å²) in [7, 11) is 1.41. The van der Waals surface area contributed by atoms with E-state index in [1.165, 1.54) is 7.11 Å². The largest absolute Gasteiger partial charge is 0.462 e. The van der Waals surface area contributed by atoms with Gasteiger partial charge in [0.25, 0.3) is 5.17 Å². The number of ether oxygens (including phenoxy) is 3. The van der Waals surface area contributed by atoms with Gasteiger partial charge in [-0.1, -0.05) is 0 Å². The van der Waals surface area contributed by atoms with Crippen molar-refractivity contribution in [2.75, 3.05) is 13.7 Å². The van der Waals surface area contributed by atoms with Gasteiger partial charge in [0.05, 0.1) is 0 Å². The van der Waals surface area contributed by atoms with Crippen LogP contribution in [0, 0.1) is 0 Å². The third-order valence-corrected chi connectivity index (χ3v) is 2.80. The molecular formula is C8H13NO5S. The maximum atomic E-state index is 9.77. The Labute approximate surface area is 92.1 Å². The van der Waals surface area contributed by atoms with Crippen molar-refractivity contribution < 1.29 is 24.4 Å². The molecule has 0 aliphatic carbocycles. The van der Waals surface area contributed by atoms with Gasteiger partial charge in [0, 0.05) is 13.7 Å². The van der Waals surface area contributed by atoms with Crippen LogP contribution in [0.3, 0.4) is 0 Å². The lowest BCUT2D eigenvalue weighted by atomic mass is 9.98. The summed E-state index contributed by atoms with van der Waals surface area (Å²) in [5.41, 5.74) is 0. The highest BCUT2D eigenvalue weighted by Crippen LogP contribution is 2.25. The Morgan fingerprint density at radius 2 is 2.20 bits per heavy atom. The number of hydrogen-bond acceptors (Lipinski definition) is 6. The molecule has 2 rings (SSSR count). The number of hydrogen-bond donors (Lipinski definition) is 3. The molecule has 2 heterocycles. The average molecular weight is 235 g/mol. The molecule has 0 aromatic heterocycles. The molecule has 0 spiro atoms. The molecule has 6 nitrogen and oxygen atoms in total. The smallest absolute Gasteiger partial charge is 0.257 e. The van der Waals surface area contributed by atoms with E-state index in [0.29, 0.717) is 6.54 Å². The van der Waals surface area contributed by atoms with E-state index in [-0.39, 0.29) is 11.3 Å². The first kappa shape index (κ1) is 11.0. The quantitative estimate of drug-likeness (QED) is 0.470. The van der Waals surface area contributed by atoms with Crippen molar-refractivity contribution in [3.05, 3.63) is 0 Å². The van der Waals surface area contributed by atoms with Gasteiger partial charge in [-0.15, -0.1) is 0 Å². The molecule has 2 saturated heterocycles. The molecule has 0 radical (unpaired) electrons. The number of aliphatic hydroxyl groups is 2. The summed E-state index contributed by atoms with van der Waals surface area (Å²) in [6.45, 7) is 0.438. The molecule has 0 amide bonds. The average Bonchev–Trinajstić information content (AvgIpc) is 2.24. The number of thiocarbonyl (C=S) groups is 1. The van der Waals surface area contributed by atoms with Crippen molar-refractivity contribution in [3.8, 4) is 0 Å². The van der Waals surface area contributed by atoms with E-state index in [1.807, 2.05) is 0 Å². The molecule has 2 aliphatic rings. The van der Waals surface area contributed by atoms with E-state index in [4.69, 9.17) is 26.4 Å². The molecule has 0 bridgehead atoms. The molecule has 2 fully saturated rings. The molecule has 0 aromatic rings. The fourth-order valence-electron chi connectivity index (χ4n) is 1.76. The summed E-state index contributed by atoms with van der Waals surface area (Å²) >= 11 is 4.81. The molecular weight excluding hydrogens is 222 g/mol. The van der Waals surface area contributed by atoms with Crippen molar-refractivity contribution in [2.24, 2.45) is 0 Å². The standard InChI is InChI=1S/C8H13NO5S/c1-12-7-5(11)4(10)6-3(13-7)2-9-8(15)14-6/h3-7,10-11H,2H2,1H3,(H,9,15)/t3-,4-,5-,6+,7+/m1/s1. The third-order valence-electron chi connectivity index (χ3n) is 2.56. The third kappa shape index (κ3) is 1.93. The van der Waals surface area contributed by atoms with E-state index in [0.717, 1.165) is 0 Å². The van der Waals surface area contributed by atoms with Crippen LogP contribution in [0.5, 0.6) is 0 Å². The van der Waals surface area contributed by atoms with Crippen molar-refractivity contribution in [3.63, 3.8) is 0 Å². The second kappa shape index (κ2) is 4.18. The lowest BCUT2D eigenvalue weighted by molar-refractivity contribution is -0.289. The van der Waals surface area contributed by atoms with E-state index in [1.54, 1.807) is 0 Å². The summed E-state index contributed by atoms with van der Waals surface area (Å²) in [6, 6.07) is 0. The van der Waals surface area contributed by atoms with Crippen LogP contribution in [0.2, 0.25) is 0 Å². The molecule has 15 heavy (non-hydrogen) atoms. The zero-order valence-electron chi connectivity index (χ0n) is 8.12. The van der Waals surface area contributed by atoms with Crippen LogP contribution in [-0.2, 0) is 14.2 Å². The Morgan fingerprint density at radius 3 is 2.87 bits per heavy atom. The predicted molar refractivity (Wildman–Crippen MR) is 53.2 cm³/mol. The number of fused-ring (bicyclic) bond motifs is 1. The van der Waals surface area contributed by atoms with Gasteiger partial charge in [-0.3, -0.25) is 0 Å². The Kier molecular flexibility index (Phi) is 3.08. The topological polar surface area (TPSA) is 80.2 Å². The molecule has 0 unspecified atom stereocenters. The monoisotopic (exact) mass is 235 g/mol. The van der Waals surface area contributed by atoms with Gasteiger partial charge in [-0.2, -0.15) is 0 Å². The number of methoxy groups -OCH3 is 1. The fourth-order valence-corrected chi connectivity index (χ4v) is 1.95. The van der Waals surface area contributed by atoms with Crippen molar-refractivity contribution >= 4 is 17.4 Å². The highest BCUT2D eigenvalue weighted by molar-refractivity contribution is 7.80. The van der Waals surface area contributed by atoms with Crippen LogP contribution in [0.4, 0.5) is 0 Å². The van der Waals surface area contributed by atoms with Gasteiger partial charge in [-0.25, -0.2) is 0 Å². The fraction of sp³-hybridized carbons (Fsp3) is 0.875. The molecule has 7 heteroatoms. The predicted octanol–water partition coefficient (Wildman–Crippen LogP) is -1.65. The Bertz CT molecular complexity index is 261. The Balaban J connectivity index is 2.11. The first-order chi connectivity index (χ1) is 7.13. The number of nitrogens with one attached hydrogen (secondary N) is 1. The summed E-state index contributed by atoms with van der Waals surface area (Å²) in [5.74, 6) is 0. The van der Waals surface area contributed by atoms with Gasteiger partial charge in [0.15, 0.2) is 12.4 Å². The van der Waals surface area contributed by atoms with Gasteiger partial charge in [-0.05, 0) is 12.2 Å². The number of aliphatic hydroxyl groups excluding tert-OH is 2. The van der Waals surface area contributed by atoms with E-state index < -0.39 is 24.6 Å². The molecule has 0 aromatic carbocycles. The number of rotatable bonds is 1. The van der Waals surface area contributed by atoms with Gasteiger partial charge in [0.1, 0.15) is 18.3 Å². The van der Waals surface area contributed by atoms with Crippen molar-refractivity contribution in [1.29, 1.82) is 0 Å². The zero-order chi connectivity index (χ0) is 11.0. The van der Waals surface area contributed by atoms with Crippen LogP contribution in [0.1, 0.15) is 0 Å². The van der Waals surface area contributed by atoms with E-state index >= 15 is 0 Å². The lowest BCUT2D eigenvalue weighted by Gasteiger charge is -2.44. The minimum Gasteiger partial charge on any atom is -0.462 e. The summed E-state index contributed by atoms with van der Waals surface area (Å²) in [4.78, 5) is 0. The van der Waals surface area contributed by atoms with Crippen LogP contribution in [0.25, 0.3) is 0 Å². The lowest BCUT2D eigenvalue weighted by Crippen LogP contribution is -2.64. The minimum absolute atomic E-state index is 0.210. The summed E-state index contributed by atoms with van der Waals surface area (Å²) in [5, 5.41) is 22.4. The van der Waals surface area contributed by atoms with Crippen molar-refractivity contribution in [2.45, 2.75) is 30.7 Å². The van der Waals surface area contributed by atoms with Crippen molar-refractivity contribution in [1.82, 2.24) is 5.32 Å². The van der Waals surface area contributed by atoms with E-state index in [9.17, 15) is 10.2 Å². The van der Waals surface area contributed by atoms with Crippen LogP contribution >= 0.6 is 12.2 Å². The highest BCUT2D eigenvalue weighted by atomic mass is 32.1.